The van der Waals surface area contributed by atoms with E-state index in [0.717, 1.165) is 17.7 Å². The van der Waals surface area contributed by atoms with Gasteiger partial charge in [-0.15, -0.1) is 0 Å². The molecule has 0 spiro atoms. The Kier molecular flexibility index (Phi) is 6.39. The minimum Gasteiger partial charge on any atom is -0.321 e. The molecule has 0 aromatic carbocycles. The van der Waals surface area contributed by atoms with Gasteiger partial charge in [-0.25, -0.2) is 0 Å². The SMILES string of the molecule is C=CC(=O)Nc1cnc(CC)c(/C=C/[C@H]2CC[C@H](C(F)(F)F)CC2)c1. The highest BCUT2D eigenvalue weighted by atomic mass is 19.4. The van der Waals surface area contributed by atoms with Crippen LogP contribution >= 0.6 is 0 Å². The third kappa shape index (κ3) is 5.44. The van der Waals surface area contributed by atoms with Crippen LogP contribution in [0.3, 0.4) is 0 Å². The van der Waals surface area contributed by atoms with Gasteiger partial charge in [0.25, 0.3) is 0 Å². The maximum absolute atomic E-state index is 12.7. The smallest absolute Gasteiger partial charge is 0.321 e. The Morgan fingerprint density at radius 3 is 2.60 bits per heavy atom. The molecule has 0 bridgehead atoms. The van der Waals surface area contributed by atoms with Crippen LogP contribution in [-0.4, -0.2) is 17.1 Å². The Bertz CT molecular complexity index is 645. The largest absolute Gasteiger partial charge is 0.391 e. The van der Waals surface area contributed by atoms with Crippen molar-refractivity contribution in [2.45, 2.75) is 45.2 Å². The van der Waals surface area contributed by atoms with E-state index in [1.54, 1.807) is 6.20 Å². The molecule has 1 aromatic heterocycles. The lowest BCUT2D eigenvalue weighted by molar-refractivity contribution is -0.183. The van der Waals surface area contributed by atoms with Gasteiger partial charge in [0.1, 0.15) is 0 Å². The Hall–Kier alpha value is -2.11. The number of amides is 1. The van der Waals surface area contributed by atoms with Gasteiger partial charge in [0.2, 0.25) is 5.91 Å². The van der Waals surface area contributed by atoms with E-state index in [2.05, 4.69) is 16.9 Å². The molecule has 1 aromatic rings. The first-order valence-electron chi connectivity index (χ1n) is 8.50. The lowest BCUT2D eigenvalue weighted by Gasteiger charge is -2.28. The second-order valence-electron chi connectivity index (χ2n) is 6.32. The van der Waals surface area contributed by atoms with Gasteiger partial charge in [0.05, 0.1) is 17.8 Å². The van der Waals surface area contributed by atoms with Crippen molar-refractivity contribution < 1.29 is 18.0 Å². The molecule has 0 atom stereocenters. The van der Waals surface area contributed by atoms with Gasteiger partial charge in [-0.05, 0) is 55.7 Å². The molecular formula is C19H23F3N2O. The topological polar surface area (TPSA) is 42.0 Å². The van der Waals surface area contributed by atoms with Crippen LogP contribution in [0.1, 0.15) is 43.9 Å². The number of hydrogen-bond acceptors (Lipinski definition) is 2. The third-order valence-electron chi connectivity index (χ3n) is 4.57. The van der Waals surface area contributed by atoms with E-state index >= 15 is 0 Å². The minimum atomic E-state index is -4.08. The van der Waals surface area contributed by atoms with E-state index in [9.17, 15) is 18.0 Å². The number of hydrogen-bond donors (Lipinski definition) is 1. The number of allylic oxidation sites excluding steroid dienone is 1. The molecule has 1 N–H and O–H groups in total. The fourth-order valence-corrected chi connectivity index (χ4v) is 3.09. The van der Waals surface area contributed by atoms with Crippen LogP contribution < -0.4 is 5.32 Å². The number of carbonyl (C=O) groups excluding carboxylic acids is 1. The number of aryl methyl sites for hydroxylation is 1. The van der Waals surface area contributed by atoms with Crippen molar-refractivity contribution >= 4 is 17.7 Å². The van der Waals surface area contributed by atoms with Gasteiger partial charge in [-0.2, -0.15) is 13.2 Å². The van der Waals surface area contributed by atoms with Crippen molar-refractivity contribution in [1.29, 1.82) is 0 Å². The summed E-state index contributed by atoms with van der Waals surface area (Å²) in [5.41, 5.74) is 2.33. The van der Waals surface area contributed by atoms with Crippen molar-refractivity contribution in [3.63, 3.8) is 0 Å². The van der Waals surface area contributed by atoms with Crippen LogP contribution in [0.25, 0.3) is 6.08 Å². The summed E-state index contributed by atoms with van der Waals surface area (Å²) in [5, 5.41) is 2.67. The highest BCUT2D eigenvalue weighted by Gasteiger charge is 2.40. The van der Waals surface area contributed by atoms with Crippen molar-refractivity contribution in [1.82, 2.24) is 4.98 Å². The van der Waals surface area contributed by atoms with Crippen molar-refractivity contribution in [3.8, 4) is 0 Å². The predicted octanol–water partition coefficient (Wildman–Crippen LogP) is 5.15. The number of halogens is 3. The summed E-state index contributed by atoms with van der Waals surface area (Å²) in [4.78, 5) is 15.7. The van der Waals surface area contributed by atoms with E-state index in [-0.39, 0.29) is 24.7 Å². The van der Waals surface area contributed by atoms with E-state index < -0.39 is 12.1 Å². The van der Waals surface area contributed by atoms with Crippen molar-refractivity contribution in [2.75, 3.05) is 5.32 Å². The summed E-state index contributed by atoms with van der Waals surface area (Å²) < 4.78 is 38.2. The van der Waals surface area contributed by atoms with Crippen molar-refractivity contribution in [3.05, 3.63) is 42.3 Å². The predicted molar refractivity (Wildman–Crippen MR) is 93.0 cm³/mol. The molecule has 1 fully saturated rings. The maximum atomic E-state index is 12.7. The fourth-order valence-electron chi connectivity index (χ4n) is 3.09. The maximum Gasteiger partial charge on any atom is 0.391 e. The highest BCUT2D eigenvalue weighted by Crippen LogP contribution is 2.40. The zero-order valence-electron chi connectivity index (χ0n) is 14.3. The van der Waals surface area contributed by atoms with Gasteiger partial charge in [0.15, 0.2) is 0 Å². The normalized spacial score (nSPS) is 21.3. The monoisotopic (exact) mass is 352 g/mol. The number of pyridine rings is 1. The number of aromatic nitrogens is 1. The van der Waals surface area contributed by atoms with Crippen LogP contribution in [-0.2, 0) is 11.2 Å². The fraction of sp³-hybridized carbons (Fsp3) is 0.474. The second-order valence-corrected chi connectivity index (χ2v) is 6.32. The van der Waals surface area contributed by atoms with Gasteiger partial charge in [-0.3, -0.25) is 9.78 Å². The molecule has 0 aliphatic heterocycles. The quantitative estimate of drug-likeness (QED) is 0.745. The summed E-state index contributed by atoms with van der Waals surface area (Å²) in [6.07, 6.45) is 4.77. The molecule has 25 heavy (non-hydrogen) atoms. The zero-order chi connectivity index (χ0) is 18.4. The molecule has 0 saturated heterocycles. The van der Waals surface area contributed by atoms with E-state index in [0.29, 0.717) is 18.5 Å². The number of nitrogens with zero attached hydrogens (tertiary/aromatic N) is 1. The number of alkyl halides is 3. The lowest BCUT2D eigenvalue weighted by Crippen LogP contribution is -2.27. The summed E-state index contributed by atoms with van der Waals surface area (Å²) in [6, 6.07) is 1.82. The van der Waals surface area contributed by atoms with Crippen LogP contribution in [0, 0.1) is 11.8 Å². The standard InChI is InChI=1S/C19H23F3N2O/c1-3-17-14(11-16(12-23-17)24-18(25)4-2)8-5-13-6-9-15(10-7-13)19(20,21)22/h4-5,8,11-13,15H,2-3,6-7,9-10H2,1H3,(H,24,25)/b8-5+/t13-,15-. The first kappa shape index (κ1) is 19.2. The van der Waals surface area contributed by atoms with E-state index in [1.807, 2.05) is 25.1 Å². The van der Waals surface area contributed by atoms with Crippen LogP contribution in [0.2, 0.25) is 0 Å². The van der Waals surface area contributed by atoms with Gasteiger partial charge in [0, 0.05) is 5.69 Å². The van der Waals surface area contributed by atoms with Gasteiger partial charge in [-0.1, -0.05) is 25.7 Å². The average Bonchev–Trinajstić information content (AvgIpc) is 2.59. The van der Waals surface area contributed by atoms with Crippen molar-refractivity contribution in [2.24, 2.45) is 11.8 Å². The minimum absolute atomic E-state index is 0.148. The van der Waals surface area contributed by atoms with Crippen LogP contribution in [0.5, 0.6) is 0 Å². The molecule has 1 heterocycles. The Morgan fingerprint density at radius 2 is 2.04 bits per heavy atom. The first-order valence-corrected chi connectivity index (χ1v) is 8.50. The first-order chi connectivity index (χ1) is 11.8. The number of nitrogens with one attached hydrogen (secondary N) is 1. The average molecular weight is 352 g/mol. The van der Waals surface area contributed by atoms with E-state index in [1.165, 1.54) is 6.08 Å². The molecule has 136 valence electrons. The molecule has 2 rings (SSSR count). The Balaban J connectivity index is 2.05. The summed E-state index contributed by atoms with van der Waals surface area (Å²) >= 11 is 0. The number of carbonyl (C=O) groups is 1. The van der Waals surface area contributed by atoms with Gasteiger partial charge >= 0.3 is 6.18 Å². The van der Waals surface area contributed by atoms with Gasteiger partial charge < -0.3 is 5.32 Å². The molecule has 1 saturated carbocycles. The third-order valence-corrected chi connectivity index (χ3v) is 4.57. The molecule has 0 radical (unpaired) electrons. The molecule has 1 aliphatic rings. The van der Waals surface area contributed by atoms with Crippen LogP contribution in [0.4, 0.5) is 18.9 Å². The zero-order valence-corrected chi connectivity index (χ0v) is 14.3. The molecule has 1 aliphatic carbocycles. The lowest BCUT2D eigenvalue weighted by atomic mass is 9.81. The summed E-state index contributed by atoms with van der Waals surface area (Å²) in [5.74, 6) is -1.33. The van der Waals surface area contributed by atoms with Crippen LogP contribution in [0.15, 0.2) is 31.0 Å². The molecule has 3 nitrogen and oxygen atoms in total. The highest BCUT2D eigenvalue weighted by molar-refractivity contribution is 5.98. The Labute approximate surface area is 146 Å². The molecule has 1 amide bonds. The van der Waals surface area contributed by atoms with E-state index in [4.69, 9.17) is 0 Å². The summed E-state index contributed by atoms with van der Waals surface area (Å²) in [7, 11) is 0. The molecular weight excluding hydrogens is 329 g/mol. The summed E-state index contributed by atoms with van der Waals surface area (Å²) in [6.45, 7) is 5.39. The number of rotatable bonds is 5. The molecule has 6 heteroatoms. The Morgan fingerprint density at radius 1 is 1.36 bits per heavy atom. The molecule has 0 unspecified atom stereocenters. The second kappa shape index (κ2) is 8.32. The number of anilines is 1.